The molecule has 1 rings (SSSR count). The second kappa shape index (κ2) is 5.35. The maximum absolute atomic E-state index is 13.5. The molecule has 0 radical (unpaired) electrons. The van der Waals surface area contributed by atoms with E-state index in [0.29, 0.717) is 10.3 Å². The van der Waals surface area contributed by atoms with Crippen LogP contribution >= 0.6 is 15.9 Å². The van der Waals surface area contributed by atoms with Crippen molar-refractivity contribution in [2.24, 2.45) is 4.40 Å². The lowest BCUT2D eigenvalue weighted by Gasteiger charge is -2.14. The lowest BCUT2D eigenvalue weighted by atomic mass is 10.2. The summed E-state index contributed by atoms with van der Waals surface area (Å²) in [5, 5.41) is 0. The van der Waals surface area contributed by atoms with Gasteiger partial charge >= 0.3 is 0 Å². The average Bonchev–Trinajstić information content (AvgIpc) is 2.20. The predicted octanol–water partition coefficient (Wildman–Crippen LogP) is 3.25. The standard InChI is InChI=1S/C11H14BrFN2OS/c1-7(15-17(16)11(2,3)4)10-8(13)5-6-9(12)14-10/h5-6H,1-4H3/b15-7-/t17-/m1/s1. The molecule has 1 aromatic heterocycles. The molecule has 0 aliphatic heterocycles. The van der Waals surface area contributed by atoms with E-state index in [0.717, 1.165) is 0 Å². The van der Waals surface area contributed by atoms with Crippen LogP contribution in [0.4, 0.5) is 4.39 Å². The van der Waals surface area contributed by atoms with Gasteiger partial charge in [-0.2, -0.15) is 4.40 Å². The van der Waals surface area contributed by atoms with Crippen LogP contribution in [-0.4, -0.2) is 19.7 Å². The maximum atomic E-state index is 13.5. The van der Waals surface area contributed by atoms with Crippen LogP contribution in [0.3, 0.4) is 0 Å². The Morgan fingerprint density at radius 2 is 2.06 bits per heavy atom. The molecular weight excluding hydrogens is 307 g/mol. The zero-order valence-electron chi connectivity index (χ0n) is 10.1. The Bertz CT molecular complexity index is 483. The van der Waals surface area contributed by atoms with Gasteiger partial charge in [0.05, 0.1) is 10.5 Å². The molecule has 3 nitrogen and oxygen atoms in total. The summed E-state index contributed by atoms with van der Waals surface area (Å²) < 4.78 is 29.3. The molecule has 0 saturated carbocycles. The van der Waals surface area contributed by atoms with Gasteiger partial charge in [0, 0.05) is 0 Å². The fraction of sp³-hybridized carbons (Fsp3) is 0.455. The summed E-state index contributed by atoms with van der Waals surface area (Å²) >= 11 is 3.16. The molecule has 94 valence electrons. The fourth-order valence-electron chi connectivity index (χ4n) is 0.977. The van der Waals surface area contributed by atoms with E-state index in [1.807, 2.05) is 20.8 Å². The molecule has 1 heterocycles. The van der Waals surface area contributed by atoms with Gasteiger partial charge in [-0.25, -0.2) is 13.6 Å². The number of nitrogens with zero attached hydrogens (tertiary/aromatic N) is 2. The molecule has 0 fully saturated rings. The molecule has 0 bridgehead atoms. The first kappa shape index (κ1) is 14.4. The molecule has 0 N–H and O–H groups in total. The van der Waals surface area contributed by atoms with E-state index in [-0.39, 0.29) is 5.69 Å². The third-order valence-electron chi connectivity index (χ3n) is 1.90. The molecule has 0 saturated heterocycles. The van der Waals surface area contributed by atoms with Crippen molar-refractivity contribution in [3.8, 4) is 0 Å². The van der Waals surface area contributed by atoms with Gasteiger partial charge in [0.2, 0.25) is 0 Å². The Labute approximate surface area is 111 Å². The van der Waals surface area contributed by atoms with Crippen LogP contribution in [0.1, 0.15) is 33.4 Å². The van der Waals surface area contributed by atoms with Gasteiger partial charge in [-0.05, 0) is 55.8 Å². The molecule has 6 heteroatoms. The predicted molar refractivity (Wildman–Crippen MR) is 72.0 cm³/mol. The van der Waals surface area contributed by atoms with Gasteiger partial charge in [0.1, 0.15) is 21.3 Å². The fourth-order valence-corrected chi connectivity index (χ4v) is 1.90. The molecule has 0 unspecified atom stereocenters. The smallest absolute Gasteiger partial charge is 0.150 e. The quantitative estimate of drug-likeness (QED) is 0.620. The lowest BCUT2D eigenvalue weighted by Crippen LogP contribution is -2.21. The maximum Gasteiger partial charge on any atom is 0.150 e. The highest BCUT2D eigenvalue weighted by molar-refractivity contribution is 9.10. The normalized spacial score (nSPS) is 14.8. The van der Waals surface area contributed by atoms with E-state index >= 15 is 0 Å². The molecule has 0 aromatic carbocycles. The first-order valence-corrected chi connectivity index (χ1v) is 6.91. The number of hydrogen-bond donors (Lipinski definition) is 0. The average molecular weight is 321 g/mol. The zero-order valence-corrected chi connectivity index (χ0v) is 12.5. The van der Waals surface area contributed by atoms with Crippen molar-refractivity contribution in [2.75, 3.05) is 0 Å². The van der Waals surface area contributed by atoms with E-state index in [2.05, 4.69) is 25.3 Å². The highest BCUT2D eigenvalue weighted by Gasteiger charge is 2.20. The summed E-state index contributed by atoms with van der Waals surface area (Å²) in [7, 11) is -1.42. The van der Waals surface area contributed by atoms with Gasteiger partial charge in [0.25, 0.3) is 0 Å². The molecule has 0 aliphatic rings. The summed E-state index contributed by atoms with van der Waals surface area (Å²) in [6.45, 7) is 7.03. The van der Waals surface area contributed by atoms with Crippen LogP contribution in [0.5, 0.6) is 0 Å². The summed E-state index contributed by atoms with van der Waals surface area (Å²) in [5.74, 6) is -0.472. The SMILES string of the molecule is C/C(=N/[S@](=O)C(C)(C)C)c1nc(Br)ccc1F. The number of halogens is 2. The van der Waals surface area contributed by atoms with Gasteiger partial charge in [-0.1, -0.05) is 0 Å². The van der Waals surface area contributed by atoms with Crippen molar-refractivity contribution >= 4 is 32.6 Å². The summed E-state index contributed by atoms with van der Waals surface area (Å²) in [4.78, 5) is 3.98. The van der Waals surface area contributed by atoms with Gasteiger partial charge < -0.3 is 0 Å². The number of rotatable bonds is 2. The van der Waals surface area contributed by atoms with Gasteiger partial charge in [-0.3, -0.25) is 0 Å². The van der Waals surface area contributed by atoms with Crippen molar-refractivity contribution in [1.29, 1.82) is 0 Å². The third-order valence-corrected chi connectivity index (χ3v) is 3.83. The van der Waals surface area contributed by atoms with Crippen LogP contribution in [0.2, 0.25) is 0 Å². The largest absolute Gasteiger partial charge is 0.236 e. The first-order valence-electron chi connectivity index (χ1n) is 5.01. The van der Waals surface area contributed by atoms with Gasteiger partial charge in [-0.15, -0.1) is 0 Å². The number of hydrogen-bond acceptors (Lipinski definition) is 2. The van der Waals surface area contributed by atoms with E-state index in [1.54, 1.807) is 6.92 Å². The summed E-state index contributed by atoms with van der Waals surface area (Å²) in [6.07, 6.45) is 0. The number of pyridine rings is 1. The molecule has 0 aliphatic carbocycles. The molecule has 0 spiro atoms. The van der Waals surface area contributed by atoms with Crippen LogP contribution < -0.4 is 0 Å². The molecule has 17 heavy (non-hydrogen) atoms. The van der Waals surface area contributed by atoms with E-state index < -0.39 is 21.5 Å². The Morgan fingerprint density at radius 3 is 2.59 bits per heavy atom. The lowest BCUT2D eigenvalue weighted by molar-refractivity contribution is 0.617. The molecule has 1 aromatic rings. The number of aromatic nitrogens is 1. The summed E-state index contributed by atoms with van der Waals surface area (Å²) in [5.41, 5.74) is 0.453. The molecular formula is C11H14BrFN2OS. The van der Waals surface area contributed by atoms with Crippen LogP contribution in [0, 0.1) is 5.82 Å². The first-order chi connectivity index (χ1) is 7.71. The zero-order chi connectivity index (χ0) is 13.2. The van der Waals surface area contributed by atoms with E-state index in [1.165, 1.54) is 12.1 Å². The molecule has 0 amide bonds. The van der Waals surface area contributed by atoms with Crippen molar-refractivity contribution in [1.82, 2.24) is 4.98 Å². The van der Waals surface area contributed by atoms with Crippen molar-refractivity contribution < 1.29 is 8.60 Å². The molecule has 1 atom stereocenters. The van der Waals surface area contributed by atoms with E-state index in [9.17, 15) is 8.60 Å². The Morgan fingerprint density at radius 1 is 1.47 bits per heavy atom. The van der Waals surface area contributed by atoms with Gasteiger partial charge in [0.15, 0.2) is 5.82 Å². The third kappa shape index (κ3) is 3.96. The highest BCUT2D eigenvalue weighted by atomic mass is 79.9. The second-order valence-electron chi connectivity index (χ2n) is 4.50. The van der Waals surface area contributed by atoms with Crippen molar-refractivity contribution in [2.45, 2.75) is 32.4 Å². The Hall–Kier alpha value is -0.620. The monoisotopic (exact) mass is 320 g/mol. The topological polar surface area (TPSA) is 42.3 Å². The van der Waals surface area contributed by atoms with Crippen molar-refractivity contribution in [3.63, 3.8) is 0 Å². The highest BCUT2D eigenvalue weighted by Crippen LogP contribution is 2.16. The Balaban J connectivity index is 3.12. The van der Waals surface area contributed by atoms with Crippen LogP contribution in [-0.2, 0) is 11.0 Å². The Kier molecular flexibility index (Phi) is 4.55. The van der Waals surface area contributed by atoms with Crippen molar-refractivity contribution in [3.05, 3.63) is 28.2 Å². The van der Waals surface area contributed by atoms with Crippen LogP contribution in [0.15, 0.2) is 21.1 Å². The minimum Gasteiger partial charge on any atom is -0.236 e. The van der Waals surface area contributed by atoms with Crippen LogP contribution in [0.25, 0.3) is 0 Å². The second-order valence-corrected chi connectivity index (χ2v) is 7.22. The minimum absolute atomic E-state index is 0.122. The minimum atomic E-state index is -1.42. The summed E-state index contributed by atoms with van der Waals surface area (Å²) in [6, 6.07) is 2.80. The van der Waals surface area contributed by atoms with E-state index in [4.69, 9.17) is 0 Å².